The second-order valence-electron chi connectivity index (χ2n) is 8.52. The Kier molecular flexibility index (Phi) is 8.78. The molecule has 0 aliphatic carbocycles. The van der Waals surface area contributed by atoms with Crippen LogP contribution in [0.25, 0.3) is 10.8 Å². The molecule has 0 bridgehead atoms. The predicted octanol–water partition coefficient (Wildman–Crippen LogP) is 3.05. The van der Waals surface area contributed by atoms with Gasteiger partial charge in [0.25, 0.3) is 5.91 Å². The summed E-state index contributed by atoms with van der Waals surface area (Å²) in [4.78, 5) is 37.0. The maximum Gasteiger partial charge on any atom is 0.326 e. The summed E-state index contributed by atoms with van der Waals surface area (Å²) >= 11 is 0. The maximum atomic E-state index is 13.0. The van der Waals surface area contributed by atoms with E-state index in [0.29, 0.717) is 30.1 Å². The number of hydrogen-bond donors (Lipinski definition) is 3. The average molecular weight is 512 g/mol. The Balaban J connectivity index is 1.58. The van der Waals surface area contributed by atoms with Crippen molar-refractivity contribution in [2.24, 2.45) is 0 Å². The van der Waals surface area contributed by atoms with Crippen LogP contribution >= 0.6 is 0 Å². The third-order valence-electron chi connectivity index (χ3n) is 5.73. The molecule has 190 valence electrons. The lowest BCUT2D eigenvalue weighted by atomic mass is 10.1. The Morgan fingerprint density at radius 2 is 1.69 bits per heavy atom. The van der Waals surface area contributed by atoms with E-state index < -0.39 is 27.9 Å². The molecule has 1 atom stereocenters. The van der Waals surface area contributed by atoms with Gasteiger partial charge in [0.2, 0.25) is 10.0 Å². The first kappa shape index (κ1) is 26.8. The number of nitrogens with zero attached hydrogens (tertiary/aromatic N) is 1. The number of carbonyl (C=O) groups is 3. The van der Waals surface area contributed by atoms with Crippen LogP contribution < -0.4 is 14.9 Å². The van der Waals surface area contributed by atoms with E-state index in [-0.39, 0.29) is 23.4 Å². The molecule has 0 aromatic heterocycles. The van der Waals surface area contributed by atoms with Crippen LogP contribution in [-0.4, -0.2) is 58.4 Å². The monoisotopic (exact) mass is 511 g/mol. The van der Waals surface area contributed by atoms with E-state index in [0.717, 1.165) is 11.1 Å². The molecule has 3 N–H and O–H groups in total. The summed E-state index contributed by atoms with van der Waals surface area (Å²) in [5, 5.41) is 13.4. The molecular weight excluding hydrogens is 482 g/mol. The van der Waals surface area contributed by atoms with Gasteiger partial charge in [0, 0.05) is 48.2 Å². The highest BCUT2D eigenvalue weighted by atomic mass is 32.2. The van der Waals surface area contributed by atoms with Gasteiger partial charge in [-0.1, -0.05) is 36.4 Å². The van der Waals surface area contributed by atoms with E-state index in [4.69, 9.17) is 0 Å². The van der Waals surface area contributed by atoms with E-state index in [9.17, 15) is 27.9 Å². The minimum atomic E-state index is -3.79. The normalized spacial score (nSPS) is 12.2. The number of benzene rings is 3. The van der Waals surface area contributed by atoms with Gasteiger partial charge in [-0.3, -0.25) is 9.59 Å². The molecule has 0 aliphatic heterocycles. The molecule has 0 saturated heterocycles. The van der Waals surface area contributed by atoms with Gasteiger partial charge in [-0.05, 0) is 43.5 Å². The first-order valence-electron chi connectivity index (χ1n) is 11.4. The van der Waals surface area contributed by atoms with Crippen molar-refractivity contribution in [1.29, 1.82) is 0 Å². The smallest absolute Gasteiger partial charge is 0.326 e. The number of fused-ring (bicyclic) bond motifs is 1. The van der Waals surface area contributed by atoms with Gasteiger partial charge in [-0.2, -0.15) is 0 Å². The number of nitrogens with one attached hydrogen (secondary N) is 2. The molecule has 9 nitrogen and oxygen atoms in total. The molecule has 0 radical (unpaired) electrons. The first-order valence-corrected chi connectivity index (χ1v) is 12.9. The third-order valence-corrected chi connectivity index (χ3v) is 7.25. The summed E-state index contributed by atoms with van der Waals surface area (Å²) in [5.41, 5.74) is 1.40. The summed E-state index contributed by atoms with van der Waals surface area (Å²) in [6.07, 6.45) is 1.48. The first-order chi connectivity index (χ1) is 17.1. The number of anilines is 1. The van der Waals surface area contributed by atoms with Gasteiger partial charge in [-0.15, -0.1) is 0 Å². The predicted molar refractivity (Wildman–Crippen MR) is 138 cm³/mol. The SMILES string of the molecule is CN(C)c1cccc2c(S(=O)(=O)NCCCC[C@H](NC(=O)c3cccc(C=O)c3)C(=O)O)cccc12. The molecule has 10 heteroatoms. The van der Waals surface area contributed by atoms with E-state index in [1.807, 2.05) is 37.2 Å². The number of carbonyl (C=O) groups excluding carboxylic acids is 2. The van der Waals surface area contributed by atoms with E-state index in [2.05, 4.69) is 10.0 Å². The van der Waals surface area contributed by atoms with Crippen LogP contribution in [0.15, 0.2) is 65.6 Å². The average Bonchev–Trinajstić information content (AvgIpc) is 2.86. The number of aldehydes is 1. The Morgan fingerprint density at radius 3 is 2.39 bits per heavy atom. The van der Waals surface area contributed by atoms with Crippen LogP contribution in [0.5, 0.6) is 0 Å². The second kappa shape index (κ2) is 11.8. The summed E-state index contributed by atoms with van der Waals surface area (Å²) in [5.74, 6) is -1.79. The van der Waals surface area contributed by atoms with Gasteiger partial charge < -0.3 is 15.3 Å². The fraction of sp³-hybridized carbons (Fsp3) is 0.269. The molecule has 0 aliphatic rings. The molecule has 0 unspecified atom stereocenters. The number of aliphatic carboxylic acids is 1. The number of carboxylic acids is 1. The van der Waals surface area contributed by atoms with Crippen LogP contribution in [0.3, 0.4) is 0 Å². The molecule has 0 heterocycles. The summed E-state index contributed by atoms with van der Waals surface area (Å²) in [7, 11) is -0.00679. The number of rotatable bonds is 12. The van der Waals surface area contributed by atoms with Crippen LogP contribution in [0, 0.1) is 0 Å². The molecule has 36 heavy (non-hydrogen) atoms. The van der Waals surface area contributed by atoms with Crippen molar-refractivity contribution >= 4 is 44.6 Å². The van der Waals surface area contributed by atoms with E-state index >= 15 is 0 Å². The highest BCUT2D eigenvalue weighted by Crippen LogP contribution is 2.30. The quantitative estimate of drug-likeness (QED) is 0.251. The van der Waals surface area contributed by atoms with E-state index in [1.165, 1.54) is 18.2 Å². The fourth-order valence-corrected chi connectivity index (χ4v) is 5.19. The largest absolute Gasteiger partial charge is 0.480 e. The Hall–Kier alpha value is -3.76. The molecule has 3 aromatic carbocycles. The Bertz CT molecular complexity index is 1370. The van der Waals surface area contributed by atoms with Crippen molar-refractivity contribution in [3.05, 3.63) is 71.8 Å². The second-order valence-corrected chi connectivity index (χ2v) is 10.3. The molecule has 0 saturated carbocycles. The van der Waals surface area contributed by atoms with Gasteiger partial charge in [0.05, 0.1) is 4.90 Å². The summed E-state index contributed by atoms with van der Waals surface area (Å²) in [6, 6.07) is 15.4. The highest BCUT2D eigenvalue weighted by Gasteiger charge is 2.21. The van der Waals surface area contributed by atoms with Gasteiger partial charge >= 0.3 is 5.97 Å². The molecule has 0 spiro atoms. The van der Waals surface area contributed by atoms with Crippen molar-refractivity contribution < 1.29 is 27.9 Å². The van der Waals surface area contributed by atoms with Gasteiger partial charge in [0.1, 0.15) is 12.3 Å². The standard InChI is InChI=1S/C26H29N3O6S/c1-29(2)23-13-6-11-21-20(23)10-7-14-24(21)36(34,35)27-15-4-3-12-22(26(32)33)28-25(31)19-9-5-8-18(16-19)17-30/h5-11,13-14,16-17,22,27H,3-4,12,15H2,1-2H3,(H,28,31)(H,32,33)/t22-/m0/s1. The summed E-state index contributed by atoms with van der Waals surface area (Å²) < 4.78 is 28.6. The fourth-order valence-electron chi connectivity index (χ4n) is 3.90. The summed E-state index contributed by atoms with van der Waals surface area (Å²) in [6.45, 7) is 0.119. The van der Waals surface area contributed by atoms with Crippen molar-refractivity contribution in [3.8, 4) is 0 Å². The van der Waals surface area contributed by atoms with Gasteiger partial charge in [0.15, 0.2) is 0 Å². The Labute approximate surface area is 210 Å². The maximum absolute atomic E-state index is 13.0. The topological polar surface area (TPSA) is 133 Å². The zero-order valence-electron chi connectivity index (χ0n) is 20.1. The van der Waals surface area contributed by atoms with Crippen molar-refractivity contribution in [2.45, 2.75) is 30.2 Å². The minimum absolute atomic E-state index is 0.119. The van der Waals surface area contributed by atoms with E-state index in [1.54, 1.807) is 24.3 Å². The molecule has 3 rings (SSSR count). The molecular formula is C26H29N3O6S. The zero-order chi connectivity index (χ0) is 26.3. The van der Waals surface area contributed by atoms with Crippen molar-refractivity contribution in [1.82, 2.24) is 10.0 Å². The molecule has 3 aromatic rings. The number of hydrogen-bond acceptors (Lipinski definition) is 6. The van der Waals surface area contributed by atoms with Crippen LogP contribution in [-0.2, 0) is 14.8 Å². The lowest BCUT2D eigenvalue weighted by Gasteiger charge is -2.17. The van der Waals surface area contributed by atoms with Crippen LogP contribution in [0.1, 0.15) is 40.0 Å². The lowest BCUT2D eigenvalue weighted by molar-refractivity contribution is -0.139. The number of amides is 1. The molecule has 1 amide bonds. The lowest BCUT2D eigenvalue weighted by Crippen LogP contribution is -2.40. The number of carboxylic acid groups (broad SMARTS) is 1. The minimum Gasteiger partial charge on any atom is -0.480 e. The Morgan fingerprint density at radius 1 is 1.00 bits per heavy atom. The van der Waals surface area contributed by atoms with Crippen molar-refractivity contribution in [2.75, 3.05) is 25.5 Å². The molecule has 0 fully saturated rings. The van der Waals surface area contributed by atoms with Gasteiger partial charge in [-0.25, -0.2) is 17.9 Å². The van der Waals surface area contributed by atoms with Crippen LogP contribution in [0.4, 0.5) is 5.69 Å². The number of sulfonamides is 1. The number of unbranched alkanes of at least 4 members (excludes halogenated alkanes) is 1. The highest BCUT2D eigenvalue weighted by molar-refractivity contribution is 7.89. The zero-order valence-corrected chi connectivity index (χ0v) is 20.9. The third kappa shape index (κ3) is 6.46. The van der Waals surface area contributed by atoms with Crippen LogP contribution in [0.2, 0.25) is 0 Å². The van der Waals surface area contributed by atoms with Crippen molar-refractivity contribution in [3.63, 3.8) is 0 Å².